The molecule has 0 saturated heterocycles. The number of carbonyl (C=O) groups excluding carboxylic acids is 2. The number of nitro groups is 1. The van der Waals surface area contributed by atoms with E-state index >= 15 is 0 Å². The number of amides is 2. The van der Waals surface area contributed by atoms with Crippen molar-refractivity contribution in [2.24, 2.45) is 0 Å². The standard InChI is InChI=1S/C20H22N4O6/c1-4-15-20(26)23(18-16(30-15)10-11-17(22-18)24(27)28)12(3)19(25)21-13-6-8-14(9-7-13)29-5-2/h6-12,15H,4-5H2,1-3H3,(H,21,25). The van der Waals surface area contributed by atoms with Crippen LogP contribution in [-0.2, 0) is 9.59 Å². The monoisotopic (exact) mass is 414 g/mol. The molecule has 10 nitrogen and oxygen atoms in total. The van der Waals surface area contributed by atoms with Gasteiger partial charge in [-0.05, 0) is 60.5 Å². The van der Waals surface area contributed by atoms with Crippen molar-refractivity contribution in [3.63, 3.8) is 0 Å². The minimum Gasteiger partial charge on any atom is -0.494 e. The van der Waals surface area contributed by atoms with Gasteiger partial charge < -0.3 is 24.9 Å². The number of fused-ring (bicyclic) bond motifs is 1. The highest BCUT2D eigenvalue weighted by Gasteiger charge is 2.42. The number of ether oxygens (including phenoxy) is 2. The molecule has 1 aromatic carbocycles. The third-order valence-electron chi connectivity index (χ3n) is 4.59. The molecule has 1 aliphatic rings. The first-order valence-electron chi connectivity index (χ1n) is 9.54. The Hall–Kier alpha value is -3.69. The Morgan fingerprint density at radius 1 is 1.30 bits per heavy atom. The van der Waals surface area contributed by atoms with Crippen LogP contribution in [0.4, 0.5) is 17.3 Å². The number of anilines is 2. The van der Waals surface area contributed by atoms with Gasteiger partial charge in [-0.15, -0.1) is 0 Å². The maximum Gasteiger partial charge on any atom is 0.366 e. The summed E-state index contributed by atoms with van der Waals surface area (Å²) in [5.41, 5.74) is 0.523. The summed E-state index contributed by atoms with van der Waals surface area (Å²) in [7, 11) is 0. The van der Waals surface area contributed by atoms with Gasteiger partial charge in [0.25, 0.3) is 11.7 Å². The maximum absolute atomic E-state index is 12.9. The van der Waals surface area contributed by atoms with Gasteiger partial charge in [0.1, 0.15) is 11.8 Å². The first-order valence-corrected chi connectivity index (χ1v) is 9.54. The van der Waals surface area contributed by atoms with Gasteiger partial charge in [0.2, 0.25) is 5.91 Å². The van der Waals surface area contributed by atoms with E-state index in [1.807, 2.05) is 6.92 Å². The molecule has 2 amide bonds. The molecule has 0 spiro atoms. The second-order valence-corrected chi connectivity index (χ2v) is 6.59. The van der Waals surface area contributed by atoms with Crippen LogP contribution >= 0.6 is 0 Å². The summed E-state index contributed by atoms with van der Waals surface area (Å²) in [5, 5.41) is 13.9. The Labute approximate surface area is 172 Å². The van der Waals surface area contributed by atoms with Crippen LogP contribution in [0, 0.1) is 10.1 Å². The van der Waals surface area contributed by atoms with Crippen molar-refractivity contribution < 1.29 is 24.0 Å². The Kier molecular flexibility index (Phi) is 6.14. The SMILES string of the molecule is CCOc1ccc(NC(=O)C(C)N2C(=O)C(CC)Oc3ccc([N+](=O)[O-])nc32)cc1. The number of carbonyl (C=O) groups is 2. The summed E-state index contributed by atoms with van der Waals surface area (Å²) in [6.45, 7) is 5.70. The van der Waals surface area contributed by atoms with Crippen LogP contribution < -0.4 is 19.7 Å². The summed E-state index contributed by atoms with van der Waals surface area (Å²) in [6.07, 6.45) is -0.430. The van der Waals surface area contributed by atoms with E-state index in [-0.39, 0.29) is 11.6 Å². The smallest absolute Gasteiger partial charge is 0.366 e. The number of nitrogens with one attached hydrogen (secondary N) is 1. The van der Waals surface area contributed by atoms with Gasteiger partial charge in [0.15, 0.2) is 11.9 Å². The minimum absolute atomic E-state index is 0.0479. The first kappa shape index (κ1) is 21.0. The zero-order chi connectivity index (χ0) is 21.8. The molecular weight excluding hydrogens is 392 g/mol. The van der Waals surface area contributed by atoms with E-state index in [0.717, 1.165) is 4.90 Å². The Bertz CT molecular complexity index is 962. The van der Waals surface area contributed by atoms with Crippen LogP contribution in [0.15, 0.2) is 36.4 Å². The molecule has 1 aliphatic heterocycles. The summed E-state index contributed by atoms with van der Waals surface area (Å²) < 4.78 is 11.0. The van der Waals surface area contributed by atoms with Crippen molar-refractivity contribution >= 4 is 29.1 Å². The topological polar surface area (TPSA) is 124 Å². The van der Waals surface area contributed by atoms with Crippen molar-refractivity contribution in [3.05, 3.63) is 46.5 Å². The molecule has 0 saturated carbocycles. The lowest BCUT2D eigenvalue weighted by molar-refractivity contribution is -0.389. The van der Waals surface area contributed by atoms with Gasteiger partial charge in [-0.1, -0.05) is 6.92 Å². The van der Waals surface area contributed by atoms with Crippen LogP contribution in [0.2, 0.25) is 0 Å². The highest BCUT2D eigenvalue weighted by molar-refractivity contribution is 6.07. The lowest BCUT2D eigenvalue weighted by Gasteiger charge is -2.33. The van der Waals surface area contributed by atoms with E-state index in [9.17, 15) is 19.7 Å². The number of benzene rings is 1. The van der Waals surface area contributed by atoms with E-state index in [4.69, 9.17) is 9.47 Å². The fraction of sp³-hybridized carbons (Fsp3) is 0.350. The van der Waals surface area contributed by atoms with Crippen molar-refractivity contribution in [2.75, 3.05) is 16.8 Å². The second-order valence-electron chi connectivity index (χ2n) is 6.59. The van der Waals surface area contributed by atoms with Crippen molar-refractivity contribution in [2.45, 2.75) is 39.3 Å². The number of aromatic nitrogens is 1. The van der Waals surface area contributed by atoms with Gasteiger partial charge in [-0.3, -0.25) is 14.5 Å². The van der Waals surface area contributed by atoms with Gasteiger partial charge >= 0.3 is 5.82 Å². The first-order chi connectivity index (χ1) is 14.3. The van der Waals surface area contributed by atoms with Crippen LogP contribution in [0.1, 0.15) is 27.2 Å². The molecule has 3 rings (SSSR count). The van der Waals surface area contributed by atoms with E-state index in [1.54, 1.807) is 31.2 Å². The normalized spacial score (nSPS) is 16.3. The fourth-order valence-corrected chi connectivity index (χ4v) is 3.05. The summed E-state index contributed by atoms with van der Waals surface area (Å²) in [4.78, 5) is 41.3. The molecule has 1 N–H and O–H groups in total. The quantitative estimate of drug-likeness (QED) is 0.546. The summed E-state index contributed by atoms with van der Waals surface area (Å²) in [5.74, 6) is -0.552. The van der Waals surface area contributed by atoms with Gasteiger partial charge in [-0.25, -0.2) is 0 Å². The van der Waals surface area contributed by atoms with E-state index in [2.05, 4.69) is 10.3 Å². The molecule has 2 unspecified atom stereocenters. The molecule has 30 heavy (non-hydrogen) atoms. The predicted molar refractivity (Wildman–Crippen MR) is 109 cm³/mol. The molecule has 0 bridgehead atoms. The minimum atomic E-state index is -0.977. The number of hydrogen-bond donors (Lipinski definition) is 1. The molecule has 0 radical (unpaired) electrons. The number of rotatable bonds is 7. The summed E-state index contributed by atoms with van der Waals surface area (Å²) in [6, 6.07) is 8.42. The van der Waals surface area contributed by atoms with Crippen LogP contribution in [0.3, 0.4) is 0 Å². The lowest BCUT2D eigenvalue weighted by atomic mass is 10.1. The van der Waals surface area contributed by atoms with Gasteiger partial charge in [0.05, 0.1) is 6.61 Å². The molecule has 2 aromatic rings. The molecule has 1 aromatic heterocycles. The van der Waals surface area contributed by atoms with Crippen LogP contribution in [0.5, 0.6) is 11.5 Å². The van der Waals surface area contributed by atoms with E-state index < -0.39 is 34.7 Å². The average Bonchev–Trinajstić information content (AvgIpc) is 2.74. The highest BCUT2D eigenvalue weighted by Crippen LogP contribution is 2.36. The zero-order valence-electron chi connectivity index (χ0n) is 16.8. The molecular formula is C20H22N4O6. The van der Waals surface area contributed by atoms with Crippen molar-refractivity contribution in [3.8, 4) is 11.5 Å². The average molecular weight is 414 g/mol. The molecule has 0 aliphatic carbocycles. The van der Waals surface area contributed by atoms with Crippen molar-refractivity contribution in [1.82, 2.24) is 4.98 Å². The molecule has 0 fully saturated rings. The summed E-state index contributed by atoms with van der Waals surface area (Å²) >= 11 is 0. The van der Waals surface area contributed by atoms with Gasteiger partial charge in [-0.2, -0.15) is 0 Å². The Balaban J connectivity index is 1.88. The third kappa shape index (κ3) is 4.17. The number of nitrogens with zero attached hydrogens (tertiary/aromatic N) is 3. The fourth-order valence-electron chi connectivity index (χ4n) is 3.05. The highest BCUT2D eigenvalue weighted by atomic mass is 16.6. The number of hydrogen-bond acceptors (Lipinski definition) is 7. The largest absolute Gasteiger partial charge is 0.494 e. The molecule has 2 heterocycles. The number of pyridine rings is 1. The van der Waals surface area contributed by atoms with E-state index in [0.29, 0.717) is 24.5 Å². The Morgan fingerprint density at radius 3 is 2.60 bits per heavy atom. The van der Waals surface area contributed by atoms with Crippen LogP contribution in [-0.4, -0.2) is 40.5 Å². The zero-order valence-corrected chi connectivity index (χ0v) is 16.8. The lowest BCUT2D eigenvalue weighted by Crippen LogP contribution is -2.53. The van der Waals surface area contributed by atoms with Crippen LogP contribution in [0.25, 0.3) is 0 Å². The third-order valence-corrected chi connectivity index (χ3v) is 4.59. The maximum atomic E-state index is 12.9. The van der Waals surface area contributed by atoms with Crippen molar-refractivity contribution in [1.29, 1.82) is 0 Å². The molecule has 158 valence electrons. The predicted octanol–water partition coefficient (Wildman–Crippen LogP) is 2.92. The molecule has 10 heteroatoms. The Morgan fingerprint density at radius 2 is 2.00 bits per heavy atom. The molecule has 2 atom stereocenters. The van der Waals surface area contributed by atoms with Gasteiger partial charge in [0, 0.05) is 11.8 Å². The second kappa shape index (κ2) is 8.76. The van der Waals surface area contributed by atoms with E-state index in [1.165, 1.54) is 19.1 Å².